The van der Waals surface area contributed by atoms with E-state index in [1.165, 1.54) is 11.6 Å². The molecule has 0 saturated heterocycles. The Labute approximate surface area is 229 Å². The minimum atomic E-state index is -0.273. The first kappa shape index (κ1) is 23.9. The summed E-state index contributed by atoms with van der Waals surface area (Å²) in [5, 5.41) is 12.7. The second-order valence-corrected chi connectivity index (χ2v) is 9.65. The van der Waals surface area contributed by atoms with E-state index in [0.29, 0.717) is 23.4 Å². The Balaban J connectivity index is 1.21. The number of fused-ring (bicyclic) bond motifs is 2. The van der Waals surface area contributed by atoms with Crippen LogP contribution in [0.2, 0.25) is 0 Å². The Morgan fingerprint density at radius 2 is 1.55 bits per heavy atom. The van der Waals surface area contributed by atoms with Crippen LogP contribution in [0.1, 0.15) is 11.1 Å². The van der Waals surface area contributed by atoms with Crippen LogP contribution in [0.3, 0.4) is 0 Å². The van der Waals surface area contributed by atoms with E-state index < -0.39 is 0 Å². The molecule has 5 heterocycles. The molecule has 0 bridgehead atoms. The molecular weight excluding hydrogens is 501 g/mol. The smallest absolute Gasteiger partial charge is 0.181 e. The first-order valence-corrected chi connectivity index (χ1v) is 13.0. The minimum Gasteiger partial charge on any atom is -0.338 e. The number of hydrogen-bond acceptors (Lipinski definition) is 5. The third-order valence-electron chi connectivity index (χ3n) is 7.00. The summed E-state index contributed by atoms with van der Waals surface area (Å²) in [4.78, 5) is 16.9. The van der Waals surface area contributed by atoms with Crippen LogP contribution in [-0.2, 0) is 13.1 Å². The Morgan fingerprint density at radius 3 is 2.45 bits per heavy atom. The second-order valence-electron chi connectivity index (χ2n) is 9.65. The standard InChI is InChI=1S/C32H24FN7/c33-28-9-5-4-8-25(28)24-10-11-36-31-26(24)14-29(38-31)30-27-13-23(19-37-32(27)40-39-30)22-12-21(17-35-18-22)16-34-15-20-6-2-1-3-7-20/h1-14,17-19,34H,15-16H2,(H,36,38)(H,37,39,40). The summed E-state index contributed by atoms with van der Waals surface area (Å²) in [6.45, 7) is 1.49. The van der Waals surface area contributed by atoms with Crippen molar-refractivity contribution in [2.75, 3.05) is 0 Å². The fraction of sp³-hybridized carbons (Fsp3) is 0.0625. The lowest BCUT2D eigenvalue weighted by atomic mass is 10.0. The van der Waals surface area contributed by atoms with Gasteiger partial charge in [-0.25, -0.2) is 14.4 Å². The fourth-order valence-corrected chi connectivity index (χ4v) is 5.03. The Hall–Kier alpha value is -5.21. The predicted octanol–water partition coefficient (Wildman–Crippen LogP) is 6.66. The van der Waals surface area contributed by atoms with E-state index in [9.17, 15) is 4.39 Å². The molecule has 7 rings (SSSR count). The molecule has 0 aliphatic heterocycles. The van der Waals surface area contributed by atoms with Gasteiger partial charge < -0.3 is 10.3 Å². The summed E-state index contributed by atoms with van der Waals surface area (Å²) >= 11 is 0. The van der Waals surface area contributed by atoms with Crippen LogP contribution < -0.4 is 5.32 Å². The predicted molar refractivity (Wildman–Crippen MR) is 155 cm³/mol. The third kappa shape index (κ3) is 4.50. The van der Waals surface area contributed by atoms with Gasteiger partial charge in [-0.1, -0.05) is 48.5 Å². The zero-order chi connectivity index (χ0) is 26.9. The Bertz CT molecular complexity index is 1960. The number of aromatic amines is 2. The van der Waals surface area contributed by atoms with Crippen LogP contribution in [0.5, 0.6) is 0 Å². The minimum absolute atomic E-state index is 0.273. The number of pyridine rings is 3. The normalized spacial score (nSPS) is 11.4. The van der Waals surface area contributed by atoms with Crippen LogP contribution in [0.4, 0.5) is 4.39 Å². The molecule has 0 amide bonds. The molecule has 194 valence electrons. The van der Waals surface area contributed by atoms with E-state index in [1.54, 1.807) is 18.3 Å². The van der Waals surface area contributed by atoms with Gasteiger partial charge in [-0.3, -0.25) is 10.1 Å². The molecule has 0 unspecified atom stereocenters. The highest BCUT2D eigenvalue weighted by atomic mass is 19.1. The molecule has 0 aliphatic rings. The number of H-pyrrole nitrogens is 2. The molecule has 0 saturated carbocycles. The van der Waals surface area contributed by atoms with E-state index in [1.807, 2.05) is 55.0 Å². The molecule has 2 aromatic carbocycles. The van der Waals surface area contributed by atoms with Crippen molar-refractivity contribution in [1.29, 1.82) is 0 Å². The number of nitrogens with one attached hydrogen (secondary N) is 3. The van der Waals surface area contributed by atoms with E-state index in [4.69, 9.17) is 0 Å². The third-order valence-corrected chi connectivity index (χ3v) is 7.00. The van der Waals surface area contributed by atoms with Crippen LogP contribution in [0.25, 0.3) is 55.7 Å². The molecule has 5 aromatic heterocycles. The van der Waals surface area contributed by atoms with Crippen LogP contribution >= 0.6 is 0 Å². The zero-order valence-electron chi connectivity index (χ0n) is 21.4. The Kier molecular flexibility index (Phi) is 6.07. The molecular formula is C32H24FN7. The van der Waals surface area contributed by atoms with Crippen molar-refractivity contribution in [2.24, 2.45) is 0 Å². The highest BCUT2D eigenvalue weighted by molar-refractivity contribution is 5.99. The number of benzene rings is 2. The molecule has 0 aliphatic carbocycles. The van der Waals surface area contributed by atoms with Crippen molar-refractivity contribution in [2.45, 2.75) is 13.1 Å². The SMILES string of the molecule is Fc1ccccc1-c1ccnc2[nH]c(-c3[nH]nc4ncc(-c5cncc(CNCc6ccccc6)c5)cc34)cc12. The maximum absolute atomic E-state index is 14.6. The molecule has 3 N–H and O–H groups in total. The van der Waals surface area contributed by atoms with E-state index >= 15 is 0 Å². The Morgan fingerprint density at radius 1 is 0.725 bits per heavy atom. The molecule has 7 nitrogen and oxygen atoms in total. The van der Waals surface area contributed by atoms with Crippen molar-refractivity contribution >= 4 is 22.1 Å². The summed E-state index contributed by atoms with van der Waals surface area (Å²) < 4.78 is 14.6. The van der Waals surface area contributed by atoms with E-state index in [0.717, 1.165) is 51.0 Å². The summed E-state index contributed by atoms with van der Waals surface area (Å²) in [5.74, 6) is -0.273. The van der Waals surface area contributed by atoms with Crippen molar-refractivity contribution in [3.8, 4) is 33.6 Å². The average molecular weight is 526 g/mol. The lowest BCUT2D eigenvalue weighted by Crippen LogP contribution is -2.12. The van der Waals surface area contributed by atoms with Crippen LogP contribution in [0.15, 0.2) is 104 Å². The average Bonchev–Trinajstić information content (AvgIpc) is 3.62. The van der Waals surface area contributed by atoms with Gasteiger partial charge >= 0.3 is 0 Å². The zero-order valence-corrected chi connectivity index (χ0v) is 21.4. The van der Waals surface area contributed by atoms with Gasteiger partial charge in [0.25, 0.3) is 0 Å². The van der Waals surface area contributed by atoms with Crippen LogP contribution in [0, 0.1) is 5.82 Å². The first-order chi connectivity index (χ1) is 19.7. The number of hydrogen-bond donors (Lipinski definition) is 3. The van der Waals surface area contributed by atoms with E-state index in [2.05, 4.69) is 59.7 Å². The number of aromatic nitrogens is 6. The number of nitrogens with zero attached hydrogens (tertiary/aromatic N) is 4. The maximum Gasteiger partial charge on any atom is 0.181 e. The summed E-state index contributed by atoms with van der Waals surface area (Å²) in [5.41, 5.74) is 8.40. The molecule has 8 heteroatoms. The van der Waals surface area contributed by atoms with Crippen LogP contribution in [-0.4, -0.2) is 30.1 Å². The maximum atomic E-state index is 14.6. The highest BCUT2D eigenvalue weighted by Crippen LogP contribution is 2.34. The van der Waals surface area contributed by atoms with Gasteiger partial charge in [0.1, 0.15) is 11.5 Å². The number of rotatable bonds is 7. The topological polar surface area (TPSA) is 95.2 Å². The van der Waals surface area contributed by atoms with E-state index in [-0.39, 0.29) is 5.82 Å². The molecule has 0 radical (unpaired) electrons. The monoisotopic (exact) mass is 525 g/mol. The fourth-order valence-electron chi connectivity index (χ4n) is 5.03. The summed E-state index contributed by atoms with van der Waals surface area (Å²) in [7, 11) is 0. The quantitative estimate of drug-likeness (QED) is 0.216. The lowest BCUT2D eigenvalue weighted by molar-refractivity contribution is 0.631. The van der Waals surface area contributed by atoms with Crippen molar-refractivity contribution in [1.82, 2.24) is 35.5 Å². The van der Waals surface area contributed by atoms with Gasteiger partial charge in [-0.05, 0) is 47.0 Å². The largest absolute Gasteiger partial charge is 0.338 e. The first-order valence-electron chi connectivity index (χ1n) is 13.0. The lowest BCUT2D eigenvalue weighted by Gasteiger charge is -2.07. The molecule has 40 heavy (non-hydrogen) atoms. The van der Waals surface area contributed by atoms with Gasteiger partial charge in [0.15, 0.2) is 5.65 Å². The summed E-state index contributed by atoms with van der Waals surface area (Å²) in [6, 6.07) is 25.1. The molecule has 0 atom stereocenters. The van der Waals surface area contributed by atoms with Crippen molar-refractivity contribution in [3.63, 3.8) is 0 Å². The molecule has 7 aromatic rings. The van der Waals surface area contributed by atoms with Gasteiger partial charge in [-0.15, -0.1) is 0 Å². The van der Waals surface area contributed by atoms with Gasteiger partial charge in [-0.2, -0.15) is 5.10 Å². The van der Waals surface area contributed by atoms with Crippen molar-refractivity contribution < 1.29 is 4.39 Å². The van der Waals surface area contributed by atoms with Crippen molar-refractivity contribution in [3.05, 3.63) is 121 Å². The van der Waals surface area contributed by atoms with Gasteiger partial charge in [0.2, 0.25) is 0 Å². The number of halogens is 1. The van der Waals surface area contributed by atoms with Gasteiger partial charge in [0.05, 0.1) is 11.4 Å². The molecule has 0 spiro atoms. The highest BCUT2D eigenvalue weighted by Gasteiger charge is 2.16. The summed E-state index contributed by atoms with van der Waals surface area (Å²) in [6.07, 6.45) is 7.22. The molecule has 0 fully saturated rings. The van der Waals surface area contributed by atoms with Gasteiger partial charge in [0, 0.05) is 65.3 Å². The second kappa shape index (κ2) is 10.2.